The van der Waals surface area contributed by atoms with E-state index in [-0.39, 0.29) is 17.5 Å². The minimum Gasteiger partial charge on any atom is -0.454 e. The quantitative estimate of drug-likeness (QED) is 0.374. The second-order valence-electron chi connectivity index (χ2n) is 6.98. The van der Waals surface area contributed by atoms with E-state index in [0.29, 0.717) is 21.9 Å². The Bertz CT molecular complexity index is 1050. The summed E-state index contributed by atoms with van der Waals surface area (Å²) in [5, 5.41) is 0.622. The van der Waals surface area contributed by atoms with Crippen molar-refractivity contribution in [2.24, 2.45) is 5.92 Å². The predicted molar refractivity (Wildman–Crippen MR) is 114 cm³/mol. The van der Waals surface area contributed by atoms with Gasteiger partial charge in [0.25, 0.3) is 0 Å². The lowest BCUT2D eigenvalue weighted by Gasteiger charge is -2.08. The van der Waals surface area contributed by atoms with Crippen molar-refractivity contribution in [1.29, 1.82) is 0 Å². The molecule has 3 aromatic rings. The molecule has 0 unspecified atom stereocenters. The van der Waals surface area contributed by atoms with Crippen LogP contribution in [-0.4, -0.2) is 0 Å². The largest absolute Gasteiger partial charge is 0.454 e. The van der Waals surface area contributed by atoms with E-state index in [1.807, 2.05) is 30.3 Å². The van der Waals surface area contributed by atoms with Gasteiger partial charge in [-0.2, -0.15) is 0 Å². The van der Waals surface area contributed by atoms with E-state index in [9.17, 15) is 4.39 Å². The van der Waals surface area contributed by atoms with Gasteiger partial charge in [-0.3, -0.25) is 0 Å². The Hall–Kier alpha value is -2.91. The van der Waals surface area contributed by atoms with Crippen LogP contribution in [0.4, 0.5) is 8.78 Å². The molecule has 0 amide bonds. The number of ether oxygens (including phenoxy) is 1. The zero-order valence-corrected chi connectivity index (χ0v) is 16.4. The van der Waals surface area contributed by atoms with Crippen LogP contribution >= 0.6 is 11.6 Å². The third-order valence-corrected chi connectivity index (χ3v) is 5.00. The van der Waals surface area contributed by atoms with Gasteiger partial charge in [-0.25, -0.2) is 8.78 Å². The van der Waals surface area contributed by atoms with E-state index in [1.54, 1.807) is 42.5 Å². The molecule has 1 aliphatic rings. The molecule has 1 aliphatic carbocycles. The Morgan fingerprint density at radius 2 is 1.69 bits per heavy atom. The van der Waals surface area contributed by atoms with Crippen LogP contribution in [0, 0.1) is 11.7 Å². The van der Waals surface area contributed by atoms with Crippen molar-refractivity contribution >= 4 is 23.3 Å². The van der Waals surface area contributed by atoms with E-state index in [2.05, 4.69) is 0 Å². The average molecular weight is 409 g/mol. The van der Waals surface area contributed by atoms with Gasteiger partial charge in [0.05, 0.1) is 0 Å². The minimum absolute atomic E-state index is 0.0999. The molecule has 0 radical (unpaired) electrons. The average Bonchev–Trinajstić information content (AvgIpc) is 3.56. The molecule has 0 aromatic heterocycles. The molecule has 1 fully saturated rings. The van der Waals surface area contributed by atoms with Crippen LogP contribution in [0.3, 0.4) is 0 Å². The van der Waals surface area contributed by atoms with Gasteiger partial charge in [0.15, 0.2) is 11.6 Å². The van der Waals surface area contributed by atoms with Gasteiger partial charge in [-0.15, -0.1) is 0 Å². The SMILES string of the molecule is FC(C=Cc1ccc(F)c(Oc2ccccc2)c1)=C(c1ccc(Cl)cc1)C1CC1. The molecule has 0 spiro atoms. The normalized spacial score (nSPS) is 14.7. The molecule has 0 bridgehead atoms. The van der Waals surface area contributed by atoms with Gasteiger partial charge in [-0.05, 0) is 77.9 Å². The number of rotatable bonds is 6. The van der Waals surface area contributed by atoms with Gasteiger partial charge in [0.1, 0.15) is 11.6 Å². The molecule has 4 rings (SSSR count). The molecule has 0 atom stereocenters. The second kappa shape index (κ2) is 8.62. The van der Waals surface area contributed by atoms with E-state index in [1.165, 1.54) is 12.1 Å². The fourth-order valence-electron chi connectivity index (χ4n) is 3.15. The number of benzene rings is 3. The first kappa shape index (κ1) is 19.4. The van der Waals surface area contributed by atoms with Crippen LogP contribution in [0.2, 0.25) is 5.02 Å². The standard InChI is InChI=1S/C25H19ClF2O/c26-20-12-10-19(11-13-20)25(18-8-9-18)23(28)15-7-17-6-14-22(27)24(16-17)29-21-4-2-1-3-5-21/h1-7,10-16,18H,8-9H2. The zero-order valence-electron chi connectivity index (χ0n) is 15.6. The van der Waals surface area contributed by atoms with Gasteiger partial charge in [0, 0.05) is 5.02 Å². The van der Waals surface area contributed by atoms with Crippen LogP contribution in [0.5, 0.6) is 11.5 Å². The summed E-state index contributed by atoms with van der Waals surface area (Å²) in [7, 11) is 0. The van der Waals surface area contributed by atoms with E-state index in [0.717, 1.165) is 18.4 Å². The van der Waals surface area contributed by atoms with Gasteiger partial charge in [-0.1, -0.05) is 54.1 Å². The van der Waals surface area contributed by atoms with Crippen molar-refractivity contribution in [3.05, 3.63) is 107 Å². The highest BCUT2D eigenvalue weighted by Gasteiger charge is 2.29. The highest BCUT2D eigenvalue weighted by Crippen LogP contribution is 2.44. The summed E-state index contributed by atoms with van der Waals surface area (Å²) in [6, 6.07) is 20.7. The van der Waals surface area contributed by atoms with Crippen molar-refractivity contribution in [1.82, 2.24) is 0 Å². The lowest BCUT2D eigenvalue weighted by atomic mass is 10.00. The Balaban J connectivity index is 1.59. The summed E-state index contributed by atoms with van der Waals surface area (Å²) >= 11 is 5.95. The maximum absolute atomic E-state index is 15.0. The van der Waals surface area contributed by atoms with Gasteiger partial charge < -0.3 is 4.74 Å². The lowest BCUT2D eigenvalue weighted by Crippen LogP contribution is -1.90. The molecular weight excluding hydrogens is 390 g/mol. The number of para-hydroxylation sites is 1. The summed E-state index contributed by atoms with van der Waals surface area (Å²) < 4.78 is 34.7. The molecular formula is C25H19ClF2O. The molecule has 4 heteroatoms. The van der Waals surface area contributed by atoms with Crippen LogP contribution in [0.15, 0.2) is 84.7 Å². The Labute approximate surface area is 173 Å². The zero-order chi connectivity index (χ0) is 20.2. The molecule has 1 nitrogen and oxygen atoms in total. The molecule has 0 saturated heterocycles. The third kappa shape index (κ3) is 4.93. The summed E-state index contributed by atoms with van der Waals surface area (Å²) in [5.74, 6) is 0.109. The monoisotopic (exact) mass is 408 g/mol. The van der Waals surface area contributed by atoms with E-state index < -0.39 is 5.82 Å². The van der Waals surface area contributed by atoms with Gasteiger partial charge in [0.2, 0.25) is 0 Å². The fraction of sp³-hybridized carbons (Fsp3) is 0.120. The molecule has 0 heterocycles. The first-order valence-corrected chi connectivity index (χ1v) is 9.84. The first-order chi connectivity index (χ1) is 14.1. The van der Waals surface area contributed by atoms with Crippen molar-refractivity contribution in [3.63, 3.8) is 0 Å². The van der Waals surface area contributed by atoms with E-state index in [4.69, 9.17) is 16.3 Å². The minimum atomic E-state index is -0.471. The van der Waals surface area contributed by atoms with Crippen molar-refractivity contribution in [2.75, 3.05) is 0 Å². The van der Waals surface area contributed by atoms with Crippen molar-refractivity contribution in [2.45, 2.75) is 12.8 Å². The molecule has 3 aromatic carbocycles. The van der Waals surface area contributed by atoms with Crippen LogP contribution in [0.25, 0.3) is 11.6 Å². The Kier molecular flexibility index (Phi) is 5.77. The third-order valence-electron chi connectivity index (χ3n) is 4.75. The van der Waals surface area contributed by atoms with Crippen molar-refractivity contribution in [3.8, 4) is 11.5 Å². The highest BCUT2D eigenvalue weighted by molar-refractivity contribution is 6.30. The highest BCUT2D eigenvalue weighted by atomic mass is 35.5. The molecule has 29 heavy (non-hydrogen) atoms. The first-order valence-electron chi connectivity index (χ1n) is 9.46. The topological polar surface area (TPSA) is 9.23 Å². The smallest absolute Gasteiger partial charge is 0.165 e. The summed E-state index contributed by atoms with van der Waals surface area (Å²) in [6.45, 7) is 0. The fourth-order valence-corrected chi connectivity index (χ4v) is 3.27. The summed E-state index contributed by atoms with van der Waals surface area (Å²) in [6.07, 6.45) is 5.02. The Morgan fingerprint density at radius 3 is 2.38 bits per heavy atom. The molecule has 0 N–H and O–H groups in total. The molecule has 0 aliphatic heterocycles. The van der Waals surface area contributed by atoms with Gasteiger partial charge >= 0.3 is 0 Å². The number of hydrogen-bond donors (Lipinski definition) is 0. The molecule has 1 saturated carbocycles. The van der Waals surface area contributed by atoms with Crippen LogP contribution < -0.4 is 4.74 Å². The van der Waals surface area contributed by atoms with E-state index >= 15 is 4.39 Å². The number of allylic oxidation sites excluding steroid dienone is 3. The van der Waals surface area contributed by atoms with Crippen LogP contribution in [0.1, 0.15) is 24.0 Å². The van der Waals surface area contributed by atoms with Crippen LogP contribution in [-0.2, 0) is 0 Å². The maximum Gasteiger partial charge on any atom is 0.165 e. The lowest BCUT2D eigenvalue weighted by molar-refractivity contribution is 0.442. The number of hydrogen-bond acceptors (Lipinski definition) is 1. The predicted octanol–water partition coefficient (Wildman–Crippen LogP) is 8.08. The maximum atomic E-state index is 15.0. The molecule has 146 valence electrons. The Morgan fingerprint density at radius 1 is 0.966 bits per heavy atom. The van der Waals surface area contributed by atoms with Crippen molar-refractivity contribution < 1.29 is 13.5 Å². The summed E-state index contributed by atoms with van der Waals surface area (Å²) in [4.78, 5) is 0. The number of halogens is 3. The summed E-state index contributed by atoms with van der Waals surface area (Å²) in [5.41, 5.74) is 2.19. The second-order valence-corrected chi connectivity index (χ2v) is 7.42.